The first-order valence-corrected chi connectivity index (χ1v) is 6.58. The Hall–Kier alpha value is 0.270. The smallest absolute Gasteiger partial charge is 0.170 e. The first kappa shape index (κ1) is 11.7. The van der Waals surface area contributed by atoms with Gasteiger partial charge in [-0.15, -0.1) is 0 Å². The van der Waals surface area contributed by atoms with Gasteiger partial charge in [-0.25, -0.2) is 0 Å². The molecular weight excluding hydrogens is 269 g/mol. The SMILES string of the molecule is FC(F)(F)C1(CC2CCCCC2)CC1Br. The van der Waals surface area contributed by atoms with Crippen LogP contribution in [0.5, 0.6) is 0 Å². The summed E-state index contributed by atoms with van der Waals surface area (Å²) < 4.78 is 38.6. The van der Waals surface area contributed by atoms with Crippen molar-refractivity contribution in [3.05, 3.63) is 0 Å². The normalized spacial score (nSPS) is 38.0. The van der Waals surface area contributed by atoms with E-state index in [0.717, 1.165) is 25.7 Å². The summed E-state index contributed by atoms with van der Waals surface area (Å²) >= 11 is 3.15. The molecule has 15 heavy (non-hydrogen) atoms. The first-order chi connectivity index (χ1) is 6.96. The van der Waals surface area contributed by atoms with Crippen LogP contribution >= 0.6 is 15.9 Å². The Balaban J connectivity index is 1.97. The molecule has 0 aromatic heterocycles. The lowest BCUT2D eigenvalue weighted by atomic mass is 9.81. The molecule has 2 aliphatic carbocycles. The molecule has 0 aromatic carbocycles. The third kappa shape index (κ3) is 2.20. The van der Waals surface area contributed by atoms with Crippen LogP contribution in [-0.2, 0) is 0 Å². The van der Waals surface area contributed by atoms with Crippen LogP contribution in [0.25, 0.3) is 0 Å². The third-order valence-corrected chi connectivity index (χ3v) is 5.13. The zero-order chi connectivity index (χ0) is 11.1. The van der Waals surface area contributed by atoms with E-state index in [0.29, 0.717) is 12.3 Å². The highest BCUT2D eigenvalue weighted by Crippen LogP contribution is 2.65. The summed E-state index contributed by atoms with van der Waals surface area (Å²) in [7, 11) is 0. The van der Waals surface area contributed by atoms with Gasteiger partial charge in [0.15, 0.2) is 0 Å². The van der Waals surface area contributed by atoms with Crippen LogP contribution in [0, 0.1) is 11.3 Å². The van der Waals surface area contributed by atoms with E-state index < -0.39 is 11.6 Å². The average molecular weight is 285 g/mol. The Morgan fingerprint density at radius 3 is 2.07 bits per heavy atom. The maximum atomic E-state index is 12.9. The van der Waals surface area contributed by atoms with Gasteiger partial charge in [-0.2, -0.15) is 13.2 Å². The maximum Gasteiger partial charge on any atom is 0.395 e. The number of hydrogen-bond donors (Lipinski definition) is 0. The lowest BCUT2D eigenvalue weighted by molar-refractivity contribution is -0.191. The van der Waals surface area contributed by atoms with Crippen molar-refractivity contribution in [3.8, 4) is 0 Å². The summed E-state index contributed by atoms with van der Waals surface area (Å²) in [6.45, 7) is 0. The molecule has 0 bridgehead atoms. The molecule has 2 atom stereocenters. The van der Waals surface area contributed by atoms with Crippen molar-refractivity contribution in [3.63, 3.8) is 0 Å². The summed E-state index contributed by atoms with van der Waals surface area (Å²) in [6.07, 6.45) is 2.05. The van der Waals surface area contributed by atoms with Gasteiger partial charge in [0, 0.05) is 4.83 Å². The third-order valence-electron chi connectivity index (χ3n) is 3.93. The van der Waals surface area contributed by atoms with Gasteiger partial charge in [-0.1, -0.05) is 48.0 Å². The van der Waals surface area contributed by atoms with E-state index in [-0.39, 0.29) is 11.2 Å². The predicted octanol–water partition coefficient (Wildman–Crippen LogP) is 4.67. The Bertz CT molecular complexity index is 232. The lowest BCUT2D eigenvalue weighted by Crippen LogP contribution is -2.30. The zero-order valence-corrected chi connectivity index (χ0v) is 10.2. The summed E-state index contributed by atoms with van der Waals surface area (Å²) in [5, 5.41) is 0. The molecule has 0 saturated heterocycles. The minimum atomic E-state index is -4.02. The van der Waals surface area contributed by atoms with Crippen LogP contribution in [0.15, 0.2) is 0 Å². The topological polar surface area (TPSA) is 0 Å². The van der Waals surface area contributed by atoms with E-state index in [2.05, 4.69) is 15.9 Å². The average Bonchev–Trinajstić information content (AvgIpc) is 2.79. The van der Waals surface area contributed by atoms with Crippen molar-refractivity contribution in [1.29, 1.82) is 0 Å². The molecule has 2 aliphatic rings. The second kappa shape index (κ2) is 3.94. The molecule has 2 fully saturated rings. The van der Waals surface area contributed by atoms with Gasteiger partial charge in [-0.05, 0) is 18.8 Å². The molecule has 2 rings (SSSR count). The number of rotatable bonds is 2. The van der Waals surface area contributed by atoms with Crippen molar-refractivity contribution in [1.82, 2.24) is 0 Å². The van der Waals surface area contributed by atoms with Gasteiger partial charge in [0.1, 0.15) is 0 Å². The van der Waals surface area contributed by atoms with Crippen molar-refractivity contribution < 1.29 is 13.2 Å². The quantitative estimate of drug-likeness (QED) is 0.647. The Labute approximate surface area is 96.7 Å². The number of hydrogen-bond acceptors (Lipinski definition) is 0. The molecule has 0 aliphatic heterocycles. The van der Waals surface area contributed by atoms with Crippen molar-refractivity contribution in [2.45, 2.75) is 55.9 Å². The van der Waals surface area contributed by atoms with E-state index >= 15 is 0 Å². The molecule has 88 valence electrons. The van der Waals surface area contributed by atoms with Gasteiger partial charge in [0.25, 0.3) is 0 Å². The molecule has 0 N–H and O–H groups in total. The van der Waals surface area contributed by atoms with Crippen LogP contribution in [0.4, 0.5) is 13.2 Å². The highest BCUT2D eigenvalue weighted by molar-refractivity contribution is 9.09. The fourth-order valence-electron chi connectivity index (χ4n) is 2.79. The molecule has 0 amide bonds. The van der Waals surface area contributed by atoms with Crippen molar-refractivity contribution in [2.75, 3.05) is 0 Å². The summed E-state index contributed by atoms with van der Waals surface area (Å²) in [4.78, 5) is -0.327. The van der Waals surface area contributed by atoms with Crippen molar-refractivity contribution >= 4 is 15.9 Å². The van der Waals surface area contributed by atoms with Gasteiger partial charge in [0.05, 0.1) is 5.41 Å². The lowest BCUT2D eigenvalue weighted by Gasteiger charge is -2.28. The minimum absolute atomic E-state index is 0.285. The molecule has 4 heteroatoms. The highest BCUT2D eigenvalue weighted by Gasteiger charge is 2.69. The molecule has 0 spiro atoms. The summed E-state index contributed by atoms with van der Waals surface area (Å²) in [6, 6.07) is 0. The number of halogens is 4. The van der Waals surface area contributed by atoms with E-state index in [1.54, 1.807) is 0 Å². The maximum absolute atomic E-state index is 12.9. The molecule has 0 nitrogen and oxygen atoms in total. The Kier molecular flexibility index (Phi) is 3.08. The van der Waals surface area contributed by atoms with E-state index in [9.17, 15) is 13.2 Å². The largest absolute Gasteiger partial charge is 0.395 e. The van der Waals surface area contributed by atoms with Gasteiger partial charge < -0.3 is 0 Å². The monoisotopic (exact) mass is 284 g/mol. The summed E-state index contributed by atoms with van der Waals surface area (Å²) in [5.41, 5.74) is -1.38. The molecule has 2 unspecified atom stereocenters. The second-order valence-electron chi connectivity index (χ2n) is 5.03. The fraction of sp³-hybridized carbons (Fsp3) is 1.00. The molecule has 0 aromatic rings. The van der Waals surface area contributed by atoms with E-state index in [1.165, 1.54) is 6.42 Å². The second-order valence-corrected chi connectivity index (χ2v) is 6.14. The van der Waals surface area contributed by atoms with Crippen LogP contribution in [0.1, 0.15) is 44.9 Å². The highest BCUT2D eigenvalue weighted by atomic mass is 79.9. The molecule has 2 saturated carbocycles. The zero-order valence-electron chi connectivity index (χ0n) is 8.62. The minimum Gasteiger partial charge on any atom is -0.170 e. The van der Waals surface area contributed by atoms with Crippen LogP contribution in [0.3, 0.4) is 0 Å². The molecule has 0 heterocycles. The van der Waals surface area contributed by atoms with Crippen LogP contribution in [0.2, 0.25) is 0 Å². The molecular formula is C11H16BrF3. The van der Waals surface area contributed by atoms with E-state index in [4.69, 9.17) is 0 Å². The first-order valence-electron chi connectivity index (χ1n) is 5.66. The van der Waals surface area contributed by atoms with Crippen LogP contribution in [-0.4, -0.2) is 11.0 Å². The Morgan fingerprint density at radius 2 is 1.67 bits per heavy atom. The van der Waals surface area contributed by atoms with Crippen LogP contribution < -0.4 is 0 Å². The fourth-order valence-corrected chi connectivity index (χ4v) is 3.81. The number of alkyl halides is 4. The molecule has 0 radical (unpaired) electrons. The van der Waals surface area contributed by atoms with E-state index in [1.807, 2.05) is 0 Å². The summed E-state index contributed by atoms with van der Waals surface area (Å²) in [5.74, 6) is 0.308. The van der Waals surface area contributed by atoms with Crippen molar-refractivity contribution in [2.24, 2.45) is 11.3 Å². The van der Waals surface area contributed by atoms with Gasteiger partial charge >= 0.3 is 6.18 Å². The predicted molar refractivity (Wildman–Crippen MR) is 57.0 cm³/mol. The van der Waals surface area contributed by atoms with Gasteiger partial charge in [0.2, 0.25) is 0 Å². The standard InChI is InChI=1S/C11H16BrF3/c12-9-7-10(9,11(13,14)15)6-8-4-2-1-3-5-8/h8-9H,1-7H2. The Morgan fingerprint density at radius 1 is 1.13 bits per heavy atom. The van der Waals surface area contributed by atoms with Gasteiger partial charge in [-0.3, -0.25) is 0 Å².